The van der Waals surface area contributed by atoms with Gasteiger partial charge in [0.25, 0.3) is 0 Å². The average Bonchev–Trinajstić information content (AvgIpc) is 3.32. The summed E-state index contributed by atoms with van der Waals surface area (Å²) >= 11 is 0. The van der Waals surface area contributed by atoms with Gasteiger partial charge in [-0.3, -0.25) is 4.99 Å². The van der Waals surface area contributed by atoms with Crippen molar-refractivity contribution in [2.24, 2.45) is 28.7 Å². The number of hydrogen-bond acceptors (Lipinski definition) is 8. The Kier molecular flexibility index (Phi) is 23.7. The molecule has 65 heavy (non-hydrogen) atoms. The summed E-state index contributed by atoms with van der Waals surface area (Å²) in [5.74, 6) is 4.75. The van der Waals surface area contributed by atoms with Crippen LogP contribution in [0.2, 0.25) is 0 Å². The van der Waals surface area contributed by atoms with Crippen LogP contribution in [0.4, 0.5) is 5.69 Å². The zero-order chi connectivity index (χ0) is 47.1. The van der Waals surface area contributed by atoms with Gasteiger partial charge >= 0.3 is 5.63 Å². The first-order valence-electron chi connectivity index (χ1n) is 25.4. The van der Waals surface area contributed by atoms with Crippen LogP contribution < -0.4 is 24.6 Å². The molecule has 4 unspecified atom stereocenters. The fraction of sp³-hybridized carbons (Fsp3) is 0.607. The molecule has 3 aromatic carbocycles. The summed E-state index contributed by atoms with van der Waals surface area (Å²) in [7, 11) is 3.84. The normalized spacial score (nSPS) is 13.7. The Morgan fingerprint density at radius 1 is 0.600 bits per heavy atom. The number of nitrogens with zero attached hydrogens (tertiary/aromatic N) is 2. The van der Waals surface area contributed by atoms with E-state index >= 15 is 0 Å². The third-order valence-corrected chi connectivity index (χ3v) is 13.3. The number of aromatic nitrogens is 1. The maximum atomic E-state index is 13.7. The van der Waals surface area contributed by atoms with E-state index in [2.05, 4.69) is 70.3 Å². The largest absolute Gasteiger partial charge is 0.489 e. The first-order valence-corrected chi connectivity index (χ1v) is 25.9. The quantitative estimate of drug-likeness (QED) is 0.0356. The average molecular weight is 911 g/mol. The minimum Gasteiger partial charge on any atom is -0.489 e. The van der Waals surface area contributed by atoms with Gasteiger partial charge in [0.05, 0.1) is 43.0 Å². The van der Waals surface area contributed by atoms with E-state index in [-0.39, 0.29) is 5.89 Å². The zero-order valence-corrected chi connectivity index (χ0v) is 42.9. The number of ether oxygens (including phenoxy) is 4. The van der Waals surface area contributed by atoms with Gasteiger partial charge in [-0.1, -0.05) is 145 Å². The van der Waals surface area contributed by atoms with E-state index in [0.29, 0.717) is 78.1 Å². The second kappa shape index (κ2) is 28.8. The number of unbranched alkanes of at least 4 members (excludes halogenated alkanes) is 4. The van der Waals surface area contributed by atoms with Crippen molar-refractivity contribution in [3.05, 3.63) is 70.1 Å². The molecule has 0 aliphatic carbocycles. The summed E-state index contributed by atoms with van der Waals surface area (Å²) in [5.41, 5.74) is 4.25. The molecule has 0 bridgehead atoms. The highest BCUT2D eigenvalue weighted by atomic mass is 31.0. The van der Waals surface area contributed by atoms with Crippen LogP contribution in [-0.2, 0) is 0 Å². The van der Waals surface area contributed by atoms with Gasteiger partial charge in [-0.25, -0.2) is 9.78 Å². The number of benzene rings is 3. The molecule has 0 aliphatic heterocycles. The van der Waals surface area contributed by atoms with E-state index in [1.807, 2.05) is 50.2 Å². The van der Waals surface area contributed by atoms with Gasteiger partial charge in [-0.15, -0.1) is 8.86 Å². The summed E-state index contributed by atoms with van der Waals surface area (Å²) in [6.45, 7) is 24.3. The van der Waals surface area contributed by atoms with Crippen LogP contribution in [0.1, 0.15) is 183 Å². The van der Waals surface area contributed by atoms with Crippen LogP contribution in [0.15, 0.2) is 62.7 Å². The van der Waals surface area contributed by atoms with E-state index in [9.17, 15) is 4.79 Å². The molecule has 0 spiro atoms. The summed E-state index contributed by atoms with van der Waals surface area (Å²) in [6, 6.07) is 15.6. The van der Waals surface area contributed by atoms with Crippen LogP contribution in [0.5, 0.6) is 23.0 Å². The van der Waals surface area contributed by atoms with Crippen LogP contribution in [-0.4, -0.2) is 42.4 Å². The Balaban J connectivity index is 1.67. The Hall–Kier alpha value is -4.16. The fourth-order valence-corrected chi connectivity index (χ4v) is 8.32. The van der Waals surface area contributed by atoms with E-state index < -0.39 is 5.63 Å². The predicted octanol–water partition coefficient (Wildman–Crippen LogP) is 16.1. The van der Waals surface area contributed by atoms with E-state index in [1.165, 1.54) is 32.1 Å². The number of fused-ring (bicyclic) bond motifs is 1. The summed E-state index contributed by atoms with van der Waals surface area (Å²) < 4.78 is 32.0. The molecule has 358 valence electrons. The number of hydrogen-bond donors (Lipinski definition) is 0. The van der Waals surface area contributed by atoms with Crippen molar-refractivity contribution in [3.8, 4) is 34.5 Å². The molecule has 0 saturated carbocycles. The highest BCUT2D eigenvalue weighted by Gasteiger charge is 2.20. The van der Waals surface area contributed by atoms with Crippen LogP contribution in [0.3, 0.4) is 0 Å². The lowest BCUT2D eigenvalue weighted by molar-refractivity contribution is 0.199. The Labute approximate surface area is 394 Å². The Morgan fingerprint density at radius 2 is 1.02 bits per heavy atom. The van der Waals surface area contributed by atoms with Crippen molar-refractivity contribution in [3.63, 3.8) is 0 Å². The smallest absolute Gasteiger partial charge is 0.347 e. The molecule has 0 amide bonds. The summed E-state index contributed by atoms with van der Waals surface area (Å²) in [4.78, 5) is 23.7. The second-order valence-electron chi connectivity index (χ2n) is 18.2. The van der Waals surface area contributed by atoms with Crippen molar-refractivity contribution in [2.45, 2.75) is 172 Å². The van der Waals surface area contributed by atoms with Gasteiger partial charge in [0.15, 0.2) is 23.0 Å². The Bertz CT molecular complexity index is 2130. The standard InChI is InChI=1S/C56H83N2O6P/c1-11-19-23-41(15-5)35-60-51-31-47(40(10)65)49(33-53(51)62-37-43(17-7)25-21-13-3)57-39(9)45-27-29-46(30-28-45)55-58-50-34-54(63-38-44(18-8)26-22-14-4)52(32-48(50)56(59)64-55)61-36-42(16-6)24-20-12-2/h27-34,41-44,65H,11-26,35-38H2,1-10H3. The molecule has 0 aliphatic rings. The SMILES string of the molecule is CCCCC(CC)COc1cc(N=C(C)c2ccc(-c3nc4cc(OCC(CC)CCCC)c(OCC(CC)CCCC)cc4c(=O)o3)cc2)c(C(C)=P)cc1OCC(CC)CCCC. The molecule has 0 saturated heterocycles. The monoisotopic (exact) mass is 911 g/mol. The lowest BCUT2D eigenvalue weighted by Crippen LogP contribution is -2.15. The third-order valence-electron chi connectivity index (χ3n) is 13.1. The molecule has 8 nitrogen and oxygen atoms in total. The van der Waals surface area contributed by atoms with Gasteiger partial charge in [0, 0.05) is 35.0 Å². The molecule has 4 rings (SSSR count). The third kappa shape index (κ3) is 16.6. The molecule has 1 heterocycles. The molecular weight excluding hydrogens is 828 g/mol. The molecule has 4 atom stereocenters. The highest BCUT2D eigenvalue weighted by molar-refractivity contribution is 7.22. The topological polar surface area (TPSA) is 92.4 Å². The maximum Gasteiger partial charge on any atom is 0.347 e. The van der Waals surface area contributed by atoms with Gasteiger partial charge in [-0.05, 0) is 92.3 Å². The molecule has 0 fully saturated rings. The predicted molar refractivity (Wildman–Crippen MR) is 277 cm³/mol. The highest BCUT2D eigenvalue weighted by Crippen LogP contribution is 2.38. The van der Waals surface area contributed by atoms with Crippen molar-refractivity contribution in [1.29, 1.82) is 0 Å². The number of aliphatic imine (C=N–C) groups is 1. The van der Waals surface area contributed by atoms with Gasteiger partial charge in [0.2, 0.25) is 5.89 Å². The van der Waals surface area contributed by atoms with Gasteiger partial charge in [0.1, 0.15) is 0 Å². The molecule has 1 aromatic heterocycles. The van der Waals surface area contributed by atoms with E-state index in [4.69, 9.17) is 33.3 Å². The lowest BCUT2D eigenvalue weighted by Gasteiger charge is -2.21. The first-order chi connectivity index (χ1) is 31.5. The van der Waals surface area contributed by atoms with Crippen LogP contribution in [0.25, 0.3) is 22.4 Å². The molecule has 9 heteroatoms. The first kappa shape index (κ1) is 53.5. The van der Waals surface area contributed by atoms with Crippen molar-refractivity contribution in [2.75, 3.05) is 26.4 Å². The zero-order valence-electron chi connectivity index (χ0n) is 41.9. The van der Waals surface area contributed by atoms with Crippen molar-refractivity contribution in [1.82, 2.24) is 4.98 Å². The molecule has 0 radical (unpaired) electrons. The van der Waals surface area contributed by atoms with E-state index in [0.717, 1.165) is 110 Å². The lowest BCUT2D eigenvalue weighted by atomic mass is 10.0. The number of rotatable bonds is 32. The van der Waals surface area contributed by atoms with Gasteiger partial charge < -0.3 is 23.4 Å². The molecule has 4 aromatic rings. The molecule has 0 N–H and O–H groups in total. The summed E-state index contributed by atoms with van der Waals surface area (Å²) in [5, 5.41) is 1.33. The van der Waals surface area contributed by atoms with Gasteiger partial charge in [-0.2, -0.15) is 0 Å². The Morgan fingerprint density at radius 3 is 1.43 bits per heavy atom. The van der Waals surface area contributed by atoms with Crippen LogP contribution in [0, 0.1) is 23.7 Å². The van der Waals surface area contributed by atoms with E-state index in [1.54, 1.807) is 6.07 Å². The minimum atomic E-state index is -0.461. The fourth-order valence-electron chi connectivity index (χ4n) is 8.12. The molecular formula is C56H83N2O6P. The summed E-state index contributed by atoms with van der Waals surface area (Å²) in [6.07, 6.45) is 18.1. The van der Waals surface area contributed by atoms with Crippen LogP contribution >= 0.6 is 8.86 Å². The maximum absolute atomic E-state index is 13.7. The van der Waals surface area contributed by atoms with Crippen molar-refractivity contribution < 1.29 is 23.4 Å². The van der Waals surface area contributed by atoms with Crippen molar-refractivity contribution >= 4 is 36.5 Å². The second-order valence-corrected chi connectivity index (χ2v) is 19.0. The minimum absolute atomic E-state index is 0.247.